The van der Waals surface area contributed by atoms with Crippen molar-refractivity contribution in [1.29, 1.82) is 0 Å². The highest BCUT2D eigenvalue weighted by atomic mass is 32.2. The summed E-state index contributed by atoms with van der Waals surface area (Å²) in [6.45, 7) is 2.13. The Bertz CT molecular complexity index is 405. The lowest BCUT2D eigenvalue weighted by Gasteiger charge is -2.26. The second-order valence-corrected chi connectivity index (χ2v) is 6.79. The van der Waals surface area contributed by atoms with Gasteiger partial charge in [0.05, 0.1) is 7.11 Å². The summed E-state index contributed by atoms with van der Waals surface area (Å²) in [6.07, 6.45) is 1.36. The third-order valence-electron chi connectivity index (χ3n) is 3.90. The Balaban J connectivity index is 1.91. The molecule has 0 radical (unpaired) electrons. The van der Waals surface area contributed by atoms with E-state index in [1.54, 1.807) is 7.11 Å². The van der Waals surface area contributed by atoms with Gasteiger partial charge in [-0.05, 0) is 62.2 Å². The average Bonchev–Trinajstić information content (AvgIpc) is 2.96. The van der Waals surface area contributed by atoms with Crippen LogP contribution in [0.3, 0.4) is 0 Å². The van der Waals surface area contributed by atoms with E-state index in [-0.39, 0.29) is 0 Å². The van der Waals surface area contributed by atoms with E-state index >= 15 is 0 Å². The number of nitrogens with zero attached hydrogens (tertiary/aromatic N) is 1. The molecular weight excluding hydrogens is 268 g/mol. The van der Waals surface area contributed by atoms with Crippen LogP contribution in [0.1, 0.15) is 18.0 Å². The first kappa shape index (κ1) is 15.7. The Hall–Kier alpha value is -0.710. The summed E-state index contributed by atoms with van der Waals surface area (Å²) in [7, 11) is 5.99. The van der Waals surface area contributed by atoms with E-state index < -0.39 is 0 Å². The molecule has 2 rings (SSSR count). The third kappa shape index (κ3) is 4.40. The van der Waals surface area contributed by atoms with Crippen molar-refractivity contribution in [2.45, 2.75) is 12.5 Å². The summed E-state index contributed by atoms with van der Waals surface area (Å²) in [5.74, 6) is 4.44. The number of hydrogen-bond acceptors (Lipinski definition) is 4. The minimum absolute atomic E-state index is 0.388. The number of ether oxygens (including phenoxy) is 1. The lowest BCUT2D eigenvalue weighted by molar-refractivity contribution is 0.284. The van der Waals surface area contributed by atoms with Crippen LogP contribution in [0.5, 0.6) is 5.75 Å². The highest BCUT2D eigenvalue weighted by molar-refractivity contribution is 7.99. The molecule has 112 valence electrons. The molecule has 0 aromatic heterocycles. The molecule has 1 aliphatic heterocycles. The van der Waals surface area contributed by atoms with Crippen LogP contribution in [-0.2, 0) is 0 Å². The first-order valence-corrected chi connectivity index (χ1v) is 8.45. The summed E-state index contributed by atoms with van der Waals surface area (Å²) >= 11 is 2.08. The molecule has 20 heavy (non-hydrogen) atoms. The van der Waals surface area contributed by atoms with Crippen molar-refractivity contribution in [2.75, 3.05) is 45.8 Å². The zero-order valence-electron chi connectivity index (χ0n) is 12.8. The number of hydrogen-bond donors (Lipinski definition) is 1. The second kappa shape index (κ2) is 7.91. The Morgan fingerprint density at radius 3 is 2.95 bits per heavy atom. The highest BCUT2D eigenvalue weighted by Gasteiger charge is 2.18. The normalized spacial score (nSPS) is 20.3. The SMILES string of the molecule is COc1cccc(C(CNCC2CCSC2)N(C)C)c1. The maximum atomic E-state index is 5.33. The Labute approximate surface area is 127 Å². The van der Waals surface area contributed by atoms with Gasteiger partial charge in [-0.25, -0.2) is 0 Å². The van der Waals surface area contributed by atoms with Gasteiger partial charge in [-0.1, -0.05) is 12.1 Å². The topological polar surface area (TPSA) is 24.5 Å². The van der Waals surface area contributed by atoms with E-state index in [4.69, 9.17) is 4.74 Å². The molecule has 1 fully saturated rings. The predicted molar refractivity (Wildman–Crippen MR) is 87.7 cm³/mol. The molecule has 0 amide bonds. The number of nitrogens with one attached hydrogen (secondary N) is 1. The van der Waals surface area contributed by atoms with E-state index in [9.17, 15) is 0 Å². The molecule has 1 aliphatic rings. The zero-order chi connectivity index (χ0) is 14.4. The largest absolute Gasteiger partial charge is 0.497 e. The Kier molecular flexibility index (Phi) is 6.20. The molecule has 0 aliphatic carbocycles. The molecule has 1 N–H and O–H groups in total. The summed E-state index contributed by atoms with van der Waals surface area (Å²) in [6, 6.07) is 8.77. The Morgan fingerprint density at radius 1 is 1.45 bits per heavy atom. The lowest BCUT2D eigenvalue weighted by Crippen LogP contribution is -2.33. The number of methoxy groups -OCH3 is 1. The third-order valence-corrected chi connectivity index (χ3v) is 5.13. The summed E-state index contributed by atoms with van der Waals surface area (Å²) in [5.41, 5.74) is 1.31. The Morgan fingerprint density at radius 2 is 2.30 bits per heavy atom. The molecule has 1 aromatic carbocycles. The monoisotopic (exact) mass is 294 g/mol. The van der Waals surface area contributed by atoms with Crippen LogP contribution in [0.4, 0.5) is 0 Å². The minimum atomic E-state index is 0.388. The molecule has 0 saturated carbocycles. The molecule has 0 spiro atoms. The maximum Gasteiger partial charge on any atom is 0.119 e. The van der Waals surface area contributed by atoms with Crippen molar-refractivity contribution in [3.05, 3.63) is 29.8 Å². The van der Waals surface area contributed by atoms with Crippen LogP contribution in [0.2, 0.25) is 0 Å². The van der Waals surface area contributed by atoms with Crippen LogP contribution >= 0.6 is 11.8 Å². The molecule has 2 atom stereocenters. The van der Waals surface area contributed by atoms with Gasteiger partial charge in [0, 0.05) is 12.6 Å². The van der Waals surface area contributed by atoms with Gasteiger partial charge < -0.3 is 15.0 Å². The van der Waals surface area contributed by atoms with E-state index in [1.807, 2.05) is 6.07 Å². The van der Waals surface area contributed by atoms with Crippen molar-refractivity contribution in [3.8, 4) is 5.75 Å². The molecular formula is C16H26N2OS. The van der Waals surface area contributed by atoms with Crippen molar-refractivity contribution < 1.29 is 4.74 Å². The van der Waals surface area contributed by atoms with Crippen molar-refractivity contribution >= 4 is 11.8 Å². The second-order valence-electron chi connectivity index (χ2n) is 5.64. The maximum absolute atomic E-state index is 5.33. The van der Waals surface area contributed by atoms with Gasteiger partial charge in [0.25, 0.3) is 0 Å². The number of thioether (sulfide) groups is 1. The van der Waals surface area contributed by atoms with Crippen molar-refractivity contribution in [2.24, 2.45) is 5.92 Å². The average molecular weight is 294 g/mol. The minimum Gasteiger partial charge on any atom is -0.497 e. The molecule has 1 aromatic rings. The first-order chi connectivity index (χ1) is 9.70. The van der Waals surface area contributed by atoms with E-state index in [2.05, 4.69) is 54.3 Å². The number of likely N-dealkylation sites (N-methyl/N-ethyl adjacent to an activating group) is 1. The van der Waals surface area contributed by atoms with Gasteiger partial charge in [-0.15, -0.1) is 0 Å². The molecule has 1 heterocycles. The van der Waals surface area contributed by atoms with Gasteiger partial charge in [-0.3, -0.25) is 0 Å². The van der Waals surface area contributed by atoms with Crippen LogP contribution < -0.4 is 10.1 Å². The fourth-order valence-corrected chi connectivity index (χ4v) is 3.90. The van der Waals surface area contributed by atoms with Gasteiger partial charge in [0.1, 0.15) is 5.75 Å². The zero-order valence-corrected chi connectivity index (χ0v) is 13.6. The lowest BCUT2D eigenvalue weighted by atomic mass is 10.0. The van der Waals surface area contributed by atoms with Crippen LogP contribution in [0.25, 0.3) is 0 Å². The first-order valence-electron chi connectivity index (χ1n) is 7.29. The fraction of sp³-hybridized carbons (Fsp3) is 0.625. The standard InChI is InChI=1S/C16H26N2OS/c1-18(2)16(11-17-10-13-7-8-20-12-13)14-5-4-6-15(9-14)19-3/h4-6,9,13,16-17H,7-8,10-12H2,1-3H3. The summed E-state index contributed by atoms with van der Waals surface area (Å²) < 4.78 is 5.33. The van der Waals surface area contributed by atoms with Crippen LogP contribution in [0, 0.1) is 5.92 Å². The van der Waals surface area contributed by atoms with Crippen molar-refractivity contribution in [3.63, 3.8) is 0 Å². The molecule has 3 nitrogen and oxygen atoms in total. The molecule has 2 unspecified atom stereocenters. The van der Waals surface area contributed by atoms with Crippen LogP contribution in [0.15, 0.2) is 24.3 Å². The smallest absolute Gasteiger partial charge is 0.119 e. The molecule has 0 bridgehead atoms. The van der Waals surface area contributed by atoms with Gasteiger partial charge in [0.15, 0.2) is 0 Å². The highest BCUT2D eigenvalue weighted by Crippen LogP contribution is 2.24. The molecule has 4 heteroatoms. The fourth-order valence-electron chi connectivity index (χ4n) is 2.62. The molecule has 1 saturated heterocycles. The number of rotatable bonds is 7. The van der Waals surface area contributed by atoms with Gasteiger partial charge >= 0.3 is 0 Å². The van der Waals surface area contributed by atoms with E-state index in [0.717, 1.165) is 24.8 Å². The number of benzene rings is 1. The summed E-state index contributed by atoms with van der Waals surface area (Å²) in [4.78, 5) is 2.27. The van der Waals surface area contributed by atoms with E-state index in [1.165, 1.54) is 23.5 Å². The summed E-state index contributed by atoms with van der Waals surface area (Å²) in [5, 5.41) is 3.65. The van der Waals surface area contributed by atoms with Gasteiger partial charge in [0.2, 0.25) is 0 Å². The van der Waals surface area contributed by atoms with Gasteiger partial charge in [-0.2, -0.15) is 11.8 Å². The quantitative estimate of drug-likeness (QED) is 0.835. The predicted octanol–water partition coefficient (Wildman–Crippen LogP) is 2.64. The van der Waals surface area contributed by atoms with Crippen LogP contribution in [-0.4, -0.2) is 50.7 Å². The van der Waals surface area contributed by atoms with E-state index in [0.29, 0.717) is 6.04 Å². The van der Waals surface area contributed by atoms with Crippen molar-refractivity contribution in [1.82, 2.24) is 10.2 Å².